The van der Waals surface area contributed by atoms with Gasteiger partial charge in [-0.1, -0.05) is 90.7 Å². The molecular formula is C25H27N3S2. The Hall–Kier alpha value is -2.63. The predicted octanol–water partition coefficient (Wildman–Crippen LogP) is 6.59. The molecule has 0 saturated carbocycles. The Morgan fingerprint density at radius 1 is 0.767 bits per heavy atom. The summed E-state index contributed by atoms with van der Waals surface area (Å²) in [6.07, 6.45) is 0. The average molecular weight is 434 g/mol. The van der Waals surface area contributed by atoms with Gasteiger partial charge in [0, 0.05) is 18.8 Å². The molecule has 0 saturated heterocycles. The summed E-state index contributed by atoms with van der Waals surface area (Å²) < 4.78 is 0.912. The van der Waals surface area contributed by atoms with Gasteiger partial charge < -0.3 is 4.90 Å². The molecule has 0 aromatic heterocycles. The zero-order valence-corrected chi connectivity index (χ0v) is 19.1. The Labute approximate surface area is 189 Å². The van der Waals surface area contributed by atoms with E-state index >= 15 is 0 Å². The molecular weight excluding hydrogens is 406 g/mol. The first-order valence-electron chi connectivity index (χ1n) is 10.2. The van der Waals surface area contributed by atoms with E-state index in [0.29, 0.717) is 5.75 Å². The van der Waals surface area contributed by atoms with Crippen LogP contribution in [-0.2, 0) is 0 Å². The van der Waals surface area contributed by atoms with E-state index in [4.69, 9.17) is 17.3 Å². The van der Waals surface area contributed by atoms with Gasteiger partial charge in [-0.15, -0.1) is 0 Å². The monoisotopic (exact) mass is 433 g/mol. The number of hydrogen-bond acceptors (Lipinski definition) is 4. The first-order valence-corrected chi connectivity index (χ1v) is 11.6. The van der Waals surface area contributed by atoms with Crippen LogP contribution in [0, 0.1) is 0 Å². The molecule has 3 rings (SSSR count). The highest BCUT2D eigenvalue weighted by Gasteiger charge is 2.14. The molecule has 5 heteroatoms. The smallest absolute Gasteiger partial charge is 0.136 e. The summed E-state index contributed by atoms with van der Waals surface area (Å²) in [7, 11) is 0. The molecule has 0 N–H and O–H groups in total. The quantitative estimate of drug-likeness (QED) is 0.227. The number of para-hydroxylation sites is 2. The Morgan fingerprint density at radius 2 is 1.23 bits per heavy atom. The maximum absolute atomic E-state index is 5.66. The van der Waals surface area contributed by atoms with Crippen LogP contribution in [0.5, 0.6) is 0 Å². The summed E-state index contributed by atoms with van der Waals surface area (Å²) in [5, 5.41) is 7.12. The zero-order valence-electron chi connectivity index (χ0n) is 17.4. The van der Waals surface area contributed by atoms with Crippen molar-refractivity contribution in [1.82, 2.24) is 4.90 Å². The summed E-state index contributed by atoms with van der Waals surface area (Å²) >= 11 is 7.33. The molecule has 0 aliphatic carbocycles. The van der Waals surface area contributed by atoms with E-state index in [2.05, 4.69) is 55.1 Å². The molecule has 3 nitrogen and oxygen atoms in total. The van der Waals surface area contributed by atoms with E-state index in [0.717, 1.165) is 40.1 Å². The second-order valence-corrected chi connectivity index (χ2v) is 8.23. The molecule has 0 spiro atoms. The van der Waals surface area contributed by atoms with Crippen molar-refractivity contribution in [2.45, 2.75) is 13.8 Å². The van der Waals surface area contributed by atoms with Crippen molar-refractivity contribution >= 4 is 45.4 Å². The third-order valence-corrected chi connectivity index (χ3v) is 6.22. The van der Waals surface area contributed by atoms with Gasteiger partial charge in [0.15, 0.2) is 0 Å². The van der Waals surface area contributed by atoms with Crippen molar-refractivity contribution in [3.8, 4) is 0 Å². The molecule has 0 amide bonds. The molecule has 0 atom stereocenters. The van der Waals surface area contributed by atoms with Crippen molar-refractivity contribution in [1.29, 1.82) is 0 Å². The van der Waals surface area contributed by atoms with Gasteiger partial charge in [0.05, 0.1) is 17.1 Å². The summed E-state index contributed by atoms with van der Waals surface area (Å²) in [6.45, 7) is 6.10. The van der Waals surface area contributed by atoms with Crippen LogP contribution in [0.1, 0.15) is 19.4 Å². The Bertz CT molecular complexity index is 900. The van der Waals surface area contributed by atoms with E-state index in [1.165, 1.54) is 0 Å². The van der Waals surface area contributed by atoms with Gasteiger partial charge >= 0.3 is 0 Å². The van der Waals surface area contributed by atoms with Gasteiger partial charge in [0.2, 0.25) is 0 Å². The average Bonchev–Trinajstić information content (AvgIpc) is 2.82. The standard InChI is InChI=1S/C25H27N3S2/c1-3-27(4-2)25(29)30-20-24(21-14-8-5-9-15-21)26-28(22-16-10-6-11-17-22)23-18-12-7-13-19-23/h5-19H,3-4,20H2,1-2H3/b26-24-. The highest BCUT2D eigenvalue weighted by molar-refractivity contribution is 8.23. The fraction of sp³-hybridized carbons (Fsp3) is 0.200. The third kappa shape index (κ3) is 5.94. The van der Waals surface area contributed by atoms with Crippen molar-refractivity contribution in [3.05, 3.63) is 96.6 Å². The molecule has 0 aliphatic heterocycles. The minimum Gasteiger partial charge on any atom is -0.358 e. The lowest BCUT2D eigenvalue weighted by Crippen LogP contribution is -2.27. The highest BCUT2D eigenvalue weighted by atomic mass is 32.2. The first-order chi connectivity index (χ1) is 14.7. The van der Waals surface area contributed by atoms with Crippen LogP contribution in [0.4, 0.5) is 11.4 Å². The molecule has 0 heterocycles. The van der Waals surface area contributed by atoms with Gasteiger partial charge in [-0.2, -0.15) is 5.10 Å². The highest BCUT2D eigenvalue weighted by Crippen LogP contribution is 2.26. The summed E-state index contributed by atoms with van der Waals surface area (Å²) in [4.78, 5) is 2.20. The van der Waals surface area contributed by atoms with Crippen molar-refractivity contribution in [2.75, 3.05) is 23.9 Å². The lowest BCUT2D eigenvalue weighted by molar-refractivity contribution is 0.482. The van der Waals surface area contributed by atoms with Gasteiger partial charge in [0.25, 0.3) is 0 Å². The molecule has 30 heavy (non-hydrogen) atoms. The zero-order chi connectivity index (χ0) is 21.2. The van der Waals surface area contributed by atoms with Gasteiger partial charge in [-0.3, -0.25) is 0 Å². The van der Waals surface area contributed by atoms with Crippen LogP contribution < -0.4 is 5.01 Å². The molecule has 0 fully saturated rings. The second-order valence-electron chi connectivity index (χ2n) is 6.62. The Balaban J connectivity index is 1.98. The number of thiocarbonyl (C=S) groups is 1. The molecule has 3 aromatic rings. The van der Waals surface area contributed by atoms with Crippen LogP contribution in [0.2, 0.25) is 0 Å². The predicted molar refractivity (Wildman–Crippen MR) is 136 cm³/mol. The minimum atomic E-state index is 0.704. The molecule has 0 unspecified atom stereocenters. The molecule has 0 aliphatic rings. The van der Waals surface area contributed by atoms with Gasteiger partial charge in [0.1, 0.15) is 4.32 Å². The number of hydrogen-bond donors (Lipinski definition) is 0. The number of nitrogens with zero attached hydrogens (tertiary/aromatic N) is 3. The molecule has 154 valence electrons. The fourth-order valence-electron chi connectivity index (χ4n) is 3.03. The van der Waals surface area contributed by atoms with Crippen LogP contribution in [0.25, 0.3) is 0 Å². The summed E-state index contributed by atoms with van der Waals surface area (Å²) in [6, 6.07) is 30.8. The minimum absolute atomic E-state index is 0.704. The lowest BCUT2D eigenvalue weighted by atomic mass is 10.1. The summed E-state index contributed by atoms with van der Waals surface area (Å²) in [5.41, 5.74) is 4.13. The van der Waals surface area contributed by atoms with Gasteiger partial charge in [-0.25, -0.2) is 5.01 Å². The maximum Gasteiger partial charge on any atom is 0.136 e. The van der Waals surface area contributed by atoms with Crippen molar-refractivity contribution in [2.24, 2.45) is 5.10 Å². The van der Waals surface area contributed by atoms with E-state index < -0.39 is 0 Å². The number of rotatable bonds is 8. The van der Waals surface area contributed by atoms with Crippen LogP contribution in [-0.4, -0.2) is 33.8 Å². The number of hydrazone groups is 1. The van der Waals surface area contributed by atoms with Crippen molar-refractivity contribution < 1.29 is 0 Å². The summed E-state index contributed by atoms with van der Waals surface area (Å²) in [5.74, 6) is 0.704. The SMILES string of the molecule is CCN(CC)C(=S)SC/C(=N/N(c1ccccc1)c1ccccc1)c1ccccc1. The van der Waals surface area contributed by atoms with Crippen LogP contribution >= 0.6 is 24.0 Å². The first kappa shape index (κ1) is 22.1. The number of anilines is 2. The van der Waals surface area contributed by atoms with Gasteiger partial charge in [-0.05, 0) is 43.7 Å². The van der Waals surface area contributed by atoms with E-state index in [9.17, 15) is 0 Å². The number of thioether (sulfide) groups is 1. The van der Waals surface area contributed by atoms with Crippen molar-refractivity contribution in [3.63, 3.8) is 0 Å². The number of benzene rings is 3. The van der Waals surface area contributed by atoms with E-state index in [-0.39, 0.29) is 0 Å². The van der Waals surface area contributed by atoms with E-state index in [1.807, 2.05) is 59.6 Å². The third-order valence-electron chi connectivity index (χ3n) is 4.68. The van der Waals surface area contributed by atoms with E-state index in [1.54, 1.807) is 11.8 Å². The lowest BCUT2D eigenvalue weighted by Gasteiger charge is -2.23. The van der Waals surface area contributed by atoms with Crippen LogP contribution in [0.3, 0.4) is 0 Å². The fourth-order valence-corrected chi connectivity index (χ4v) is 4.39. The Kier molecular flexibility index (Phi) is 8.48. The Morgan fingerprint density at radius 3 is 1.70 bits per heavy atom. The van der Waals surface area contributed by atoms with Crippen LogP contribution in [0.15, 0.2) is 96.1 Å². The normalized spacial score (nSPS) is 11.2. The maximum atomic E-state index is 5.66. The molecule has 0 bridgehead atoms. The molecule has 3 aromatic carbocycles. The topological polar surface area (TPSA) is 18.8 Å². The molecule has 0 radical (unpaired) electrons. The second kappa shape index (κ2) is 11.5. The largest absolute Gasteiger partial charge is 0.358 e.